The van der Waals surface area contributed by atoms with Gasteiger partial charge in [-0.1, -0.05) is 12.8 Å². The first-order valence-electron chi connectivity index (χ1n) is 6.76. The van der Waals surface area contributed by atoms with Crippen molar-refractivity contribution in [2.75, 3.05) is 18.5 Å². The standard InChI is InChI=1S/C12H19N7/c1-18(10-5-3-2-4-9(10)6-13)12-8-14-7-11-15-16-17-19(11)12/h7-10H,2-6,13H2,1H3. The summed E-state index contributed by atoms with van der Waals surface area (Å²) in [4.78, 5) is 6.44. The molecule has 2 heterocycles. The summed E-state index contributed by atoms with van der Waals surface area (Å²) < 4.78 is 1.73. The van der Waals surface area contributed by atoms with Crippen molar-refractivity contribution in [2.45, 2.75) is 31.7 Å². The van der Waals surface area contributed by atoms with Gasteiger partial charge in [-0.2, -0.15) is 4.52 Å². The largest absolute Gasteiger partial charge is 0.355 e. The molecule has 0 amide bonds. The quantitative estimate of drug-likeness (QED) is 0.864. The lowest BCUT2D eigenvalue weighted by atomic mass is 9.84. The molecule has 7 heteroatoms. The summed E-state index contributed by atoms with van der Waals surface area (Å²) in [5, 5.41) is 11.7. The van der Waals surface area contributed by atoms with Crippen LogP contribution < -0.4 is 10.6 Å². The maximum absolute atomic E-state index is 5.91. The number of nitrogens with zero attached hydrogens (tertiary/aromatic N) is 6. The molecule has 1 saturated carbocycles. The van der Waals surface area contributed by atoms with Crippen molar-refractivity contribution in [1.82, 2.24) is 25.0 Å². The number of tetrazole rings is 1. The number of hydrogen-bond acceptors (Lipinski definition) is 6. The van der Waals surface area contributed by atoms with E-state index < -0.39 is 0 Å². The molecule has 1 aliphatic rings. The number of aromatic nitrogens is 5. The molecule has 102 valence electrons. The van der Waals surface area contributed by atoms with Crippen LogP contribution in [-0.2, 0) is 0 Å². The summed E-state index contributed by atoms with van der Waals surface area (Å²) in [6.45, 7) is 0.730. The first-order chi connectivity index (χ1) is 9.31. The summed E-state index contributed by atoms with van der Waals surface area (Å²) in [7, 11) is 2.08. The molecule has 7 nitrogen and oxygen atoms in total. The third-order valence-electron chi connectivity index (χ3n) is 4.12. The number of hydrogen-bond donors (Lipinski definition) is 1. The van der Waals surface area contributed by atoms with E-state index in [1.54, 1.807) is 10.7 Å². The van der Waals surface area contributed by atoms with Crippen LogP contribution >= 0.6 is 0 Å². The Hall–Kier alpha value is -1.76. The third kappa shape index (κ3) is 2.14. The van der Waals surface area contributed by atoms with Crippen LogP contribution in [0.25, 0.3) is 5.65 Å². The van der Waals surface area contributed by atoms with Crippen LogP contribution in [0.15, 0.2) is 12.4 Å². The monoisotopic (exact) mass is 261 g/mol. The summed E-state index contributed by atoms with van der Waals surface area (Å²) in [5.74, 6) is 1.46. The van der Waals surface area contributed by atoms with E-state index in [-0.39, 0.29) is 0 Å². The minimum absolute atomic E-state index is 0.440. The first kappa shape index (κ1) is 12.3. The Morgan fingerprint density at radius 1 is 1.37 bits per heavy atom. The lowest BCUT2D eigenvalue weighted by Crippen LogP contribution is -2.44. The van der Waals surface area contributed by atoms with Crippen molar-refractivity contribution >= 4 is 11.5 Å². The molecule has 0 radical (unpaired) electrons. The van der Waals surface area contributed by atoms with Crippen molar-refractivity contribution in [2.24, 2.45) is 11.7 Å². The molecule has 2 aromatic heterocycles. The number of rotatable bonds is 3. The van der Waals surface area contributed by atoms with E-state index in [1.165, 1.54) is 19.3 Å². The van der Waals surface area contributed by atoms with Crippen LogP contribution in [0.1, 0.15) is 25.7 Å². The Bertz CT molecular complexity index is 552. The first-order valence-corrected chi connectivity index (χ1v) is 6.76. The molecule has 2 unspecified atom stereocenters. The van der Waals surface area contributed by atoms with Gasteiger partial charge in [0.15, 0.2) is 11.5 Å². The second-order valence-electron chi connectivity index (χ2n) is 5.17. The van der Waals surface area contributed by atoms with Crippen LogP contribution in [-0.4, -0.2) is 44.7 Å². The third-order valence-corrected chi connectivity index (χ3v) is 4.12. The topological polar surface area (TPSA) is 85.2 Å². The maximum atomic E-state index is 5.91. The van der Waals surface area contributed by atoms with E-state index in [9.17, 15) is 0 Å². The zero-order valence-electron chi connectivity index (χ0n) is 11.1. The van der Waals surface area contributed by atoms with Crippen LogP contribution in [0.4, 0.5) is 5.82 Å². The van der Waals surface area contributed by atoms with Crippen molar-refractivity contribution in [3.05, 3.63) is 12.4 Å². The second kappa shape index (κ2) is 5.08. The summed E-state index contributed by atoms with van der Waals surface area (Å²) >= 11 is 0. The van der Waals surface area contributed by atoms with Gasteiger partial charge in [-0.25, -0.2) is 0 Å². The fraction of sp³-hybridized carbons (Fsp3) is 0.667. The highest BCUT2D eigenvalue weighted by Gasteiger charge is 2.28. The van der Waals surface area contributed by atoms with Crippen molar-refractivity contribution in [3.8, 4) is 0 Å². The molecule has 2 aromatic rings. The van der Waals surface area contributed by atoms with Gasteiger partial charge in [-0.05, 0) is 35.7 Å². The van der Waals surface area contributed by atoms with Gasteiger partial charge >= 0.3 is 0 Å². The number of nitrogens with two attached hydrogens (primary N) is 1. The minimum atomic E-state index is 0.440. The van der Waals surface area contributed by atoms with Gasteiger partial charge < -0.3 is 10.6 Å². The van der Waals surface area contributed by atoms with Crippen molar-refractivity contribution in [3.63, 3.8) is 0 Å². The zero-order chi connectivity index (χ0) is 13.2. The molecule has 3 rings (SSSR count). The Kier molecular flexibility index (Phi) is 3.29. The molecule has 1 aliphatic carbocycles. The molecule has 19 heavy (non-hydrogen) atoms. The van der Waals surface area contributed by atoms with Gasteiger partial charge in [0, 0.05) is 13.1 Å². The average molecular weight is 261 g/mol. The second-order valence-corrected chi connectivity index (χ2v) is 5.17. The predicted molar refractivity (Wildman–Crippen MR) is 71.8 cm³/mol. The number of fused-ring (bicyclic) bond motifs is 1. The Morgan fingerprint density at radius 3 is 3.05 bits per heavy atom. The van der Waals surface area contributed by atoms with Crippen molar-refractivity contribution < 1.29 is 0 Å². The van der Waals surface area contributed by atoms with E-state index in [2.05, 4.69) is 32.5 Å². The molecule has 1 fully saturated rings. The lowest BCUT2D eigenvalue weighted by molar-refractivity contribution is 0.304. The van der Waals surface area contributed by atoms with Crippen LogP contribution in [0.5, 0.6) is 0 Å². The highest BCUT2D eigenvalue weighted by Crippen LogP contribution is 2.29. The Labute approximate surface area is 111 Å². The van der Waals surface area contributed by atoms with E-state index in [4.69, 9.17) is 5.73 Å². The lowest BCUT2D eigenvalue weighted by Gasteiger charge is -2.38. The van der Waals surface area contributed by atoms with Crippen LogP contribution in [0, 0.1) is 5.92 Å². The average Bonchev–Trinajstić information content (AvgIpc) is 2.94. The molecule has 2 atom stereocenters. The fourth-order valence-corrected chi connectivity index (χ4v) is 3.05. The van der Waals surface area contributed by atoms with Crippen molar-refractivity contribution in [1.29, 1.82) is 0 Å². The van der Waals surface area contributed by atoms with E-state index in [1.807, 2.05) is 6.20 Å². The number of anilines is 1. The van der Waals surface area contributed by atoms with Gasteiger partial charge in [-0.3, -0.25) is 4.98 Å². The molecule has 0 aliphatic heterocycles. The summed E-state index contributed by atoms with van der Waals surface area (Å²) in [6.07, 6.45) is 8.37. The summed E-state index contributed by atoms with van der Waals surface area (Å²) in [5.41, 5.74) is 6.58. The normalized spacial score (nSPS) is 23.7. The maximum Gasteiger partial charge on any atom is 0.199 e. The molecular formula is C12H19N7. The highest BCUT2D eigenvalue weighted by molar-refractivity contribution is 5.46. The molecule has 0 aromatic carbocycles. The zero-order valence-corrected chi connectivity index (χ0v) is 11.1. The van der Waals surface area contributed by atoms with Gasteiger partial charge in [-0.15, -0.1) is 5.10 Å². The van der Waals surface area contributed by atoms with Gasteiger partial charge in [0.2, 0.25) is 0 Å². The van der Waals surface area contributed by atoms with Crippen LogP contribution in [0.2, 0.25) is 0 Å². The van der Waals surface area contributed by atoms with Gasteiger partial charge in [0.05, 0.1) is 12.4 Å². The van der Waals surface area contributed by atoms with Crippen LogP contribution in [0.3, 0.4) is 0 Å². The Morgan fingerprint density at radius 2 is 2.21 bits per heavy atom. The molecule has 2 N–H and O–H groups in total. The fourth-order valence-electron chi connectivity index (χ4n) is 3.05. The smallest absolute Gasteiger partial charge is 0.199 e. The minimum Gasteiger partial charge on any atom is -0.355 e. The molecule has 0 bridgehead atoms. The predicted octanol–water partition coefficient (Wildman–Crippen LogP) is 0.473. The van der Waals surface area contributed by atoms with Gasteiger partial charge in [0.25, 0.3) is 0 Å². The highest BCUT2D eigenvalue weighted by atomic mass is 15.5. The SMILES string of the molecule is CN(c1cncc2nnnn12)C1CCCCC1CN. The molecular weight excluding hydrogens is 242 g/mol. The van der Waals surface area contributed by atoms with E-state index in [0.29, 0.717) is 17.6 Å². The van der Waals surface area contributed by atoms with Gasteiger partial charge in [0.1, 0.15) is 0 Å². The molecule has 0 saturated heterocycles. The van der Waals surface area contributed by atoms with E-state index in [0.717, 1.165) is 18.8 Å². The summed E-state index contributed by atoms with van der Waals surface area (Å²) in [6, 6.07) is 0.440. The molecule has 0 spiro atoms. The Balaban J connectivity index is 1.94. The van der Waals surface area contributed by atoms with E-state index >= 15 is 0 Å².